The molecule has 21 heavy (non-hydrogen) atoms. The predicted octanol–water partition coefficient (Wildman–Crippen LogP) is 2.36. The van der Waals surface area contributed by atoms with Crippen LogP contribution < -0.4 is 4.90 Å². The van der Waals surface area contributed by atoms with E-state index in [2.05, 4.69) is 29.8 Å². The Morgan fingerprint density at radius 3 is 2.48 bits per heavy atom. The number of anilines is 1. The first-order valence-electron chi connectivity index (χ1n) is 7.72. The van der Waals surface area contributed by atoms with Gasteiger partial charge in [-0.3, -0.25) is 4.79 Å². The summed E-state index contributed by atoms with van der Waals surface area (Å²) in [4.78, 5) is 24.8. The minimum atomic E-state index is 0.147. The first kappa shape index (κ1) is 15.7. The molecule has 0 saturated carbocycles. The lowest BCUT2D eigenvalue weighted by Gasteiger charge is -2.37. The van der Waals surface area contributed by atoms with Crippen LogP contribution in [0.5, 0.6) is 0 Å². The Hall–Kier alpha value is -1.65. The van der Waals surface area contributed by atoms with E-state index in [1.807, 2.05) is 18.9 Å². The van der Waals surface area contributed by atoms with Crippen LogP contribution in [-0.2, 0) is 4.79 Å². The highest BCUT2D eigenvalue weighted by atomic mass is 16.2. The number of carbonyl (C=O) groups excluding carboxylic acids is 1. The van der Waals surface area contributed by atoms with Crippen LogP contribution in [0.4, 0.5) is 5.82 Å². The minimum Gasteiger partial charge on any atom is -0.356 e. The molecule has 116 valence electrons. The van der Waals surface area contributed by atoms with Crippen molar-refractivity contribution in [2.24, 2.45) is 0 Å². The summed E-state index contributed by atoms with van der Waals surface area (Å²) in [6.45, 7) is 9.77. The second-order valence-corrected chi connectivity index (χ2v) is 6.23. The number of nitrogens with zero attached hydrogens (tertiary/aromatic N) is 4. The number of amides is 1. The van der Waals surface area contributed by atoms with E-state index in [9.17, 15) is 4.79 Å². The van der Waals surface area contributed by atoms with Gasteiger partial charge in [0.05, 0.1) is 0 Å². The van der Waals surface area contributed by atoms with Crippen LogP contribution in [0.3, 0.4) is 0 Å². The van der Waals surface area contributed by atoms with E-state index in [0.29, 0.717) is 12.0 Å². The SMILES string of the molecule is CC(=O)N(C)C1CCN(c2cc(C)nc(C(C)C)n2)CC1. The van der Waals surface area contributed by atoms with E-state index in [4.69, 9.17) is 4.98 Å². The number of aryl methyl sites for hydroxylation is 1. The van der Waals surface area contributed by atoms with Crippen molar-refractivity contribution in [1.29, 1.82) is 0 Å². The third-order valence-corrected chi connectivity index (χ3v) is 4.21. The smallest absolute Gasteiger partial charge is 0.219 e. The van der Waals surface area contributed by atoms with Gasteiger partial charge in [0.2, 0.25) is 5.91 Å². The number of carbonyl (C=O) groups is 1. The van der Waals surface area contributed by atoms with Crippen molar-refractivity contribution in [2.45, 2.75) is 52.5 Å². The molecule has 0 spiro atoms. The van der Waals surface area contributed by atoms with Gasteiger partial charge in [0.25, 0.3) is 0 Å². The Labute approximate surface area is 127 Å². The molecule has 1 amide bonds. The summed E-state index contributed by atoms with van der Waals surface area (Å²) < 4.78 is 0. The zero-order valence-corrected chi connectivity index (χ0v) is 13.8. The maximum atomic E-state index is 11.5. The van der Waals surface area contributed by atoms with E-state index in [1.54, 1.807) is 6.92 Å². The fraction of sp³-hybridized carbons (Fsp3) is 0.688. The van der Waals surface area contributed by atoms with Gasteiger partial charge in [-0.05, 0) is 19.8 Å². The fourth-order valence-electron chi connectivity index (χ4n) is 2.73. The lowest BCUT2D eigenvalue weighted by Crippen LogP contribution is -2.45. The summed E-state index contributed by atoms with van der Waals surface area (Å²) in [5.74, 6) is 2.42. The molecule has 1 aliphatic rings. The van der Waals surface area contributed by atoms with Crippen molar-refractivity contribution >= 4 is 11.7 Å². The molecule has 1 saturated heterocycles. The zero-order chi connectivity index (χ0) is 15.6. The molecule has 1 fully saturated rings. The summed E-state index contributed by atoms with van der Waals surface area (Å²) in [5, 5.41) is 0. The van der Waals surface area contributed by atoms with Crippen molar-refractivity contribution in [3.05, 3.63) is 17.6 Å². The highest BCUT2D eigenvalue weighted by Gasteiger charge is 2.24. The second-order valence-electron chi connectivity index (χ2n) is 6.23. The topological polar surface area (TPSA) is 49.3 Å². The standard InChI is InChI=1S/C16H26N4O/c1-11(2)16-17-12(3)10-15(18-16)20-8-6-14(7-9-20)19(5)13(4)21/h10-11,14H,6-9H2,1-5H3. The van der Waals surface area contributed by atoms with Crippen LogP contribution in [0.25, 0.3) is 0 Å². The third kappa shape index (κ3) is 3.71. The number of piperidine rings is 1. The Bertz CT molecular complexity index is 507. The van der Waals surface area contributed by atoms with Gasteiger partial charge in [-0.2, -0.15) is 0 Å². The molecular weight excluding hydrogens is 264 g/mol. The zero-order valence-electron chi connectivity index (χ0n) is 13.8. The van der Waals surface area contributed by atoms with E-state index in [-0.39, 0.29) is 5.91 Å². The van der Waals surface area contributed by atoms with Crippen LogP contribution in [0.1, 0.15) is 51.0 Å². The van der Waals surface area contributed by atoms with Crippen LogP contribution in [0.2, 0.25) is 0 Å². The summed E-state index contributed by atoms with van der Waals surface area (Å²) in [6, 6.07) is 2.41. The first-order chi connectivity index (χ1) is 9.88. The fourth-order valence-corrected chi connectivity index (χ4v) is 2.73. The monoisotopic (exact) mass is 290 g/mol. The van der Waals surface area contributed by atoms with Crippen LogP contribution >= 0.6 is 0 Å². The molecular formula is C16H26N4O. The first-order valence-corrected chi connectivity index (χ1v) is 7.72. The largest absolute Gasteiger partial charge is 0.356 e. The molecule has 0 aromatic carbocycles. The van der Waals surface area contributed by atoms with E-state index < -0.39 is 0 Å². The second kappa shape index (κ2) is 6.41. The lowest BCUT2D eigenvalue weighted by atomic mass is 10.0. The average Bonchev–Trinajstić information content (AvgIpc) is 2.45. The average molecular weight is 290 g/mol. The highest BCUT2D eigenvalue weighted by Crippen LogP contribution is 2.22. The molecule has 1 aliphatic heterocycles. The van der Waals surface area contributed by atoms with Crippen molar-refractivity contribution < 1.29 is 4.79 Å². The van der Waals surface area contributed by atoms with Crippen molar-refractivity contribution in [2.75, 3.05) is 25.0 Å². The Balaban J connectivity index is 2.07. The van der Waals surface area contributed by atoms with E-state index in [0.717, 1.165) is 43.3 Å². The van der Waals surface area contributed by atoms with Crippen molar-refractivity contribution in [1.82, 2.24) is 14.9 Å². The Kier molecular flexibility index (Phi) is 4.80. The maximum Gasteiger partial charge on any atom is 0.219 e. The molecule has 1 aromatic heterocycles. The van der Waals surface area contributed by atoms with Crippen LogP contribution in [-0.4, -0.2) is 47.0 Å². The molecule has 0 atom stereocenters. The Morgan fingerprint density at radius 1 is 1.33 bits per heavy atom. The molecule has 5 heteroatoms. The summed E-state index contributed by atoms with van der Waals surface area (Å²) >= 11 is 0. The van der Waals surface area contributed by atoms with Gasteiger partial charge in [-0.15, -0.1) is 0 Å². The van der Waals surface area contributed by atoms with Gasteiger partial charge in [0, 0.05) is 50.8 Å². The van der Waals surface area contributed by atoms with Gasteiger partial charge >= 0.3 is 0 Å². The third-order valence-electron chi connectivity index (χ3n) is 4.21. The molecule has 0 N–H and O–H groups in total. The number of rotatable bonds is 3. The van der Waals surface area contributed by atoms with E-state index >= 15 is 0 Å². The van der Waals surface area contributed by atoms with E-state index in [1.165, 1.54) is 0 Å². The van der Waals surface area contributed by atoms with Crippen LogP contribution in [0, 0.1) is 6.92 Å². The summed E-state index contributed by atoms with van der Waals surface area (Å²) in [6.07, 6.45) is 1.99. The highest BCUT2D eigenvalue weighted by molar-refractivity contribution is 5.73. The summed E-state index contributed by atoms with van der Waals surface area (Å²) in [5.41, 5.74) is 1.02. The van der Waals surface area contributed by atoms with Gasteiger partial charge in [-0.1, -0.05) is 13.8 Å². The molecule has 0 unspecified atom stereocenters. The molecule has 0 aliphatic carbocycles. The van der Waals surface area contributed by atoms with Gasteiger partial charge in [-0.25, -0.2) is 9.97 Å². The molecule has 2 heterocycles. The van der Waals surface area contributed by atoms with Crippen LogP contribution in [0.15, 0.2) is 6.07 Å². The Morgan fingerprint density at radius 2 is 1.95 bits per heavy atom. The quantitative estimate of drug-likeness (QED) is 0.857. The lowest BCUT2D eigenvalue weighted by molar-refractivity contribution is -0.129. The predicted molar refractivity (Wildman–Crippen MR) is 84.5 cm³/mol. The minimum absolute atomic E-state index is 0.147. The van der Waals surface area contributed by atoms with Gasteiger partial charge in [0.1, 0.15) is 11.6 Å². The molecule has 0 radical (unpaired) electrons. The van der Waals surface area contributed by atoms with Crippen molar-refractivity contribution in [3.8, 4) is 0 Å². The number of aromatic nitrogens is 2. The molecule has 5 nitrogen and oxygen atoms in total. The van der Waals surface area contributed by atoms with Gasteiger partial charge in [0.15, 0.2) is 0 Å². The molecule has 2 rings (SSSR count). The van der Waals surface area contributed by atoms with Crippen molar-refractivity contribution in [3.63, 3.8) is 0 Å². The number of hydrogen-bond donors (Lipinski definition) is 0. The molecule has 1 aromatic rings. The van der Waals surface area contributed by atoms with Gasteiger partial charge < -0.3 is 9.80 Å². The maximum absolute atomic E-state index is 11.5. The normalized spacial score (nSPS) is 16.4. The summed E-state index contributed by atoms with van der Waals surface area (Å²) in [7, 11) is 1.90. The number of hydrogen-bond acceptors (Lipinski definition) is 4. The molecule has 0 bridgehead atoms.